The van der Waals surface area contributed by atoms with Crippen LogP contribution in [0.4, 0.5) is 17.1 Å². The fraction of sp³-hybridized carbons (Fsp3) is 0.0500. The molecule has 3 aromatic carbocycles. The molecule has 0 amide bonds. The minimum absolute atomic E-state index is 0.713. The predicted molar refractivity (Wildman–Crippen MR) is 108 cm³/mol. The minimum Gasteiger partial charge on any atom is -0.354 e. The van der Waals surface area contributed by atoms with Crippen molar-refractivity contribution in [3.63, 3.8) is 0 Å². The maximum absolute atomic E-state index is 5.90. The van der Waals surface area contributed by atoms with Gasteiger partial charge in [0.2, 0.25) is 0 Å². The van der Waals surface area contributed by atoms with Gasteiger partial charge in [-0.05, 0) is 61.0 Å². The number of anilines is 3. The molecule has 124 valence electrons. The van der Waals surface area contributed by atoms with Crippen LogP contribution in [0.5, 0.6) is 0 Å². The molecule has 3 nitrogen and oxygen atoms in total. The maximum Gasteiger partial charge on any atom is 0.0649 e. The van der Waals surface area contributed by atoms with Crippen molar-refractivity contribution in [2.45, 2.75) is 16.7 Å². The number of fused-ring (bicyclic) bond motifs is 2. The van der Waals surface area contributed by atoms with Crippen LogP contribution in [0.25, 0.3) is 0 Å². The van der Waals surface area contributed by atoms with Gasteiger partial charge in [0.25, 0.3) is 0 Å². The lowest BCUT2D eigenvalue weighted by Crippen LogP contribution is -2.04. The number of benzene rings is 3. The molecular formula is C20H16ClN3S. The molecule has 0 saturated carbocycles. The zero-order chi connectivity index (χ0) is 17.2. The van der Waals surface area contributed by atoms with Crippen molar-refractivity contribution in [1.29, 1.82) is 0 Å². The monoisotopic (exact) mass is 365 g/mol. The highest BCUT2D eigenvalue weighted by molar-refractivity contribution is 7.99. The first-order chi connectivity index (χ1) is 12.2. The van der Waals surface area contributed by atoms with Gasteiger partial charge in [-0.2, -0.15) is 5.10 Å². The number of rotatable bonds is 3. The van der Waals surface area contributed by atoms with Crippen molar-refractivity contribution in [3.05, 3.63) is 77.3 Å². The molecule has 5 heteroatoms. The summed E-state index contributed by atoms with van der Waals surface area (Å²) in [7, 11) is 0. The van der Waals surface area contributed by atoms with E-state index in [1.807, 2.05) is 37.3 Å². The first-order valence-electron chi connectivity index (χ1n) is 7.93. The highest BCUT2D eigenvalue weighted by Crippen LogP contribution is 2.44. The summed E-state index contributed by atoms with van der Waals surface area (Å²) in [5.41, 5.74) is 8.23. The van der Waals surface area contributed by atoms with Crippen LogP contribution in [-0.4, -0.2) is 5.71 Å². The molecule has 0 aromatic heterocycles. The number of hydrogen-bond acceptors (Lipinski definition) is 4. The number of hydrogen-bond donors (Lipinski definition) is 2. The number of hydrazone groups is 1. The van der Waals surface area contributed by atoms with E-state index in [1.54, 1.807) is 11.8 Å². The van der Waals surface area contributed by atoms with Crippen LogP contribution in [0.2, 0.25) is 5.02 Å². The number of para-hydroxylation sites is 1. The van der Waals surface area contributed by atoms with Crippen molar-refractivity contribution in [1.82, 2.24) is 0 Å². The molecule has 0 bridgehead atoms. The lowest BCUT2D eigenvalue weighted by atomic mass is 10.1. The van der Waals surface area contributed by atoms with Crippen LogP contribution in [0, 0.1) is 0 Å². The molecule has 4 rings (SSSR count). The predicted octanol–water partition coefficient (Wildman–Crippen LogP) is 6.38. The Morgan fingerprint density at radius 3 is 2.56 bits per heavy atom. The molecule has 0 fully saturated rings. The van der Waals surface area contributed by atoms with E-state index in [4.69, 9.17) is 11.6 Å². The molecule has 0 radical (unpaired) electrons. The Balaban J connectivity index is 1.55. The molecule has 1 aliphatic heterocycles. The molecule has 0 atom stereocenters. The van der Waals surface area contributed by atoms with Gasteiger partial charge < -0.3 is 5.32 Å². The van der Waals surface area contributed by atoms with Crippen LogP contribution >= 0.6 is 23.4 Å². The number of halogens is 1. The molecule has 25 heavy (non-hydrogen) atoms. The Bertz CT molecular complexity index is 951. The SMILES string of the molecule is C/C(=N/Nc1ccc(Cl)cc1)c1ccc2c(c1)Nc1ccccc1S2. The Kier molecular flexibility index (Phi) is 4.38. The highest BCUT2D eigenvalue weighted by Gasteiger charge is 2.15. The van der Waals surface area contributed by atoms with E-state index in [0.29, 0.717) is 5.02 Å². The van der Waals surface area contributed by atoms with Crippen LogP contribution in [0.15, 0.2) is 81.6 Å². The van der Waals surface area contributed by atoms with Gasteiger partial charge in [-0.1, -0.05) is 41.6 Å². The summed E-state index contributed by atoms with van der Waals surface area (Å²) in [6, 6.07) is 22.2. The van der Waals surface area contributed by atoms with Crippen molar-refractivity contribution < 1.29 is 0 Å². The van der Waals surface area contributed by atoms with Gasteiger partial charge in [-0.15, -0.1) is 0 Å². The van der Waals surface area contributed by atoms with Gasteiger partial charge in [0.05, 0.1) is 22.8 Å². The smallest absolute Gasteiger partial charge is 0.0649 e. The Morgan fingerprint density at radius 1 is 0.960 bits per heavy atom. The number of nitrogens with one attached hydrogen (secondary N) is 2. The topological polar surface area (TPSA) is 36.4 Å². The Labute approximate surface area is 156 Å². The second-order valence-corrected chi connectivity index (χ2v) is 7.27. The van der Waals surface area contributed by atoms with Gasteiger partial charge in [0.1, 0.15) is 0 Å². The summed E-state index contributed by atoms with van der Waals surface area (Å²) in [5.74, 6) is 0. The molecule has 0 aliphatic carbocycles. The van der Waals surface area contributed by atoms with E-state index >= 15 is 0 Å². The largest absolute Gasteiger partial charge is 0.354 e. The van der Waals surface area contributed by atoms with Crippen LogP contribution in [-0.2, 0) is 0 Å². The summed E-state index contributed by atoms with van der Waals surface area (Å²) < 4.78 is 0. The average Bonchev–Trinajstić information content (AvgIpc) is 2.65. The van der Waals surface area contributed by atoms with E-state index in [0.717, 1.165) is 28.3 Å². The fourth-order valence-corrected chi connectivity index (χ4v) is 3.70. The lowest BCUT2D eigenvalue weighted by molar-refractivity contribution is 1.29. The molecule has 1 heterocycles. The van der Waals surface area contributed by atoms with E-state index in [1.165, 1.54) is 9.79 Å². The normalized spacial score (nSPS) is 12.8. The summed E-state index contributed by atoms with van der Waals surface area (Å²) in [5, 5.41) is 8.69. The van der Waals surface area contributed by atoms with E-state index < -0.39 is 0 Å². The quantitative estimate of drug-likeness (QED) is 0.326. The molecule has 0 unspecified atom stereocenters. The standard InChI is InChI=1S/C20H16ClN3S/c1-13(23-24-16-9-7-15(21)8-10-16)14-6-11-20-18(12-14)22-17-4-2-3-5-19(17)25-20/h2-12,22,24H,1H3/b23-13-. The summed E-state index contributed by atoms with van der Waals surface area (Å²) in [6.45, 7) is 1.99. The average molecular weight is 366 g/mol. The van der Waals surface area contributed by atoms with E-state index in [2.05, 4.69) is 52.2 Å². The van der Waals surface area contributed by atoms with Crippen molar-refractivity contribution in [2.75, 3.05) is 10.7 Å². The van der Waals surface area contributed by atoms with Gasteiger partial charge in [0.15, 0.2) is 0 Å². The molecule has 0 spiro atoms. The zero-order valence-electron chi connectivity index (χ0n) is 13.6. The maximum atomic E-state index is 5.90. The Hall–Kier alpha value is -2.43. The van der Waals surface area contributed by atoms with Crippen LogP contribution in [0.1, 0.15) is 12.5 Å². The first-order valence-corrected chi connectivity index (χ1v) is 9.13. The second kappa shape index (κ2) is 6.82. The Morgan fingerprint density at radius 2 is 1.72 bits per heavy atom. The summed E-state index contributed by atoms with van der Waals surface area (Å²) in [4.78, 5) is 2.47. The molecule has 0 saturated heterocycles. The van der Waals surface area contributed by atoms with E-state index in [-0.39, 0.29) is 0 Å². The molecular weight excluding hydrogens is 350 g/mol. The minimum atomic E-state index is 0.713. The third-order valence-corrected chi connectivity index (χ3v) is 5.37. The third-order valence-electron chi connectivity index (χ3n) is 3.97. The van der Waals surface area contributed by atoms with Gasteiger partial charge in [0, 0.05) is 14.8 Å². The van der Waals surface area contributed by atoms with Crippen LogP contribution < -0.4 is 10.7 Å². The molecule has 1 aliphatic rings. The van der Waals surface area contributed by atoms with Crippen LogP contribution in [0.3, 0.4) is 0 Å². The van der Waals surface area contributed by atoms with Crippen molar-refractivity contribution >= 4 is 46.1 Å². The summed E-state index contributed by atoms with van der Waals surface area (Å²) >= 11 is 7.69. The molecule has 2 N–H and O–H groups in total. The van der Waals surface area contributed by atoms with Gasteiger partial charge in [-0.3, -0.25) is 5.43 Å². The van der Waals surface area contributed by atoms with Crippen molar-refractivity contribution in [2.24, 2.45) is 5.10 Å². The second-order valence-electron chi connectivity index (χ2n) is 5.75. The van der Waals surface area contributed by atoms with Crippen molar-refractivity contribution in [3.8, 4) is 0 Å². The van der Waals surface area contributed by atoms with E-state index in [9.17, 15) is 0 Å². The number of nitrogens with zero attached hydrogens (tertiary/aromatic N) is 1. The summed E-state index contributed by atoms with van der Waals surface area (Å²) in [6.07, 6.45) is 0. The lowest BCUT2D eigenvalue weighted by Gasteiger charge is -2.21. The third kappa shape index (κ3) is 3.50. The fourth-order valence-electron chi connectivity index (χ4n) is 2.60. The van der Waals surface area contributed by atoms with Gasteiger partial charge in [-0.25, -0.2) is 0 Å². The van der Waals surface area contributed by atoms with Gasteiger partial charge >= 0.3 is 0 Å². The zero-order valence-corrected chi connectivity index (χ0v) is 15.2. The highest BCUT2D eigenvalue weighted by atomic mass is 35.5. The first kappa shape index (κ1) is 16.1. The molecule has 3 aromatic rings.